The highest BCUT2D eigenvalue weighted by atomic mass is 32.2. The van der Waals surface area contributed by atoms with Crippen molar-refractivity contribution >= 4 is 15.7 Å². The average Bonchev–Trinajstić information content (AvgIpc) is 3.12. The lowest BCUT2D eigenvalue weighted by atomic mass is 10.3. The maximum atomic E-state index is 13.7. The molecule has 0 aliphatic carbocycles. The van der Waals surface area contributed by atoms with Crippen molar-refractivity contribution in [3.8, 4) is 11.5 Å². The van der Waals surface area contributed by atoms with E-state index in [1.807, 2.05) is 0 Å². The van der Waals surface area contributed by atoms with E-state index < -0.39 is 26.5 Å². The van der Waals surface area contributed by atoms with Crippen molar-refractivity contribution in [2.24, 2.45) is 0 Å². The van der Waals surface area contributed by atoms with Crippen molar-refractivity contribution in [1.82, 2.24) is 4.31 Å². The zero-order chi connectivity index (χ0) is 18.0. The highest BCUT2D eigenvalue weighted by molar-refractivity contribution is 7.89. The molecule has 1 aliphatic rings. The molecule has 1 fully saturated rings. The summed E-state index contributed by atoms with van der Waals surface area (Å²) >= 11 is 0. The van der Waals surface area contributed by atoms with E-state index in [2.05, 4.69) is 0 Å². The Morgan fingerprint density at radius 1 is 1.08 bits per heavy atom. The summed E-state index contributed by atoms with van der Waals surface area (Å²) in [5, 5.41) is 11.3. The fourth-order valence-electron chi connectivity index (χ4n) is 2.61. The summed E-state index contributed by atoms with van der Waals surface area (Å²) in [6.45, 7) is 0.785. The number of benzene rings is 2. The van der Waals surface area contributed by atoms with Crippen LogP contribution in [0.15, 0.2) is 47.4 Å². The number of halogens is 1. The standard InChI is InChI=1S/C16H15FN2O5S/c17-13-5-1-2-6-15(13)24-16-8-7-12(11-14(16)19(20)21)25(22,23)18-9-3-4-10-18/h1-2,5-8,11H,3-4,9-10H2. The highest BCUT2D eigenvalue weighted by Gasteiger charge is 2.30. The van der Waals surface area contributed by atoms with Gasteiger partial charge in [0.1, 0.15) is 0 Å². The number of sulfonamides is 1. The first-order valence-corrected chi connectivity index (χ1v) is 9.04. The summed E-state index contributed by atoms with van der Waals surface area (Å²) in [5.74, 6) is -1.08. The van der Waals surface area contributed by atoms with Gasteiger partial charge in [-0.3, -0.25) is 10.1 Å². The van der Waals surface area contributed by atoms with Gasteiger partial charge in [-0.1, -0.05) is 12.1 Å². The van der Waals surface area contributed by atoms with Crippen molar-refractivity contribution in [2.75, 3.05) is 13.1 Å². The van der Waals surface area contributed by atoms with Gasteiger partial charge in [0.25, 0.3) is 0 Å². The normalized spacial score (nSPS) is 15.2. The molecule has 7 nitrogen and oxygen atoms in total. The first kappa shape index (κ1) is 17.3. The van der Waals surface area contributed by atoms with Gasteiger partial charge in [-0.05, 0) is 37.1 Å². The lowest BCUT2D eigenvalue weighted by Crippen LogP contribution is -2.27. The first-order valence-electron chi connectivity index (χ1n) is 7.60. The maximum Gasteiger partial charge on any atom is 0.312 e. The minimum Gasteiger partial charge on any atom is -0.447 e. The Labute approximate surface area is 143 Å². The molecule has 0 N–H and O–H groups in total. The SMILES string of the molecule is O=[N+]([O-])c1cc(S(=O)(=O)N2CCCC2)ccc1Oc1ccccc1F. The van der Waals surface area contributed by atoms with Crippen molar-refractivity contribution in [1.29, 1.82) is 0 Å². The smallest absolute Gasteiger partial charge is 0.312 e. The molecule has 3 rings (SSSR count). The van der Waals surface area contributed by atoms with E-state index in [-0.39, 0.29) is 16.4 Å². The van der Waals surface area contributed by atoms with Gasteiger partial charge in [-0.25, -0.2) is 12.8 Å². The molecule has 0 radical (unpaired) electrons. The molecule has 0 aromatic heterocycles. The largest absolute Gasteiger partial charge is 0.447 e. The molecule has 0 atom stereocenters. The van der Waals surface area contributed by atoms with Gasteiger partial charge in [-0.15, -0.1) is 0 Å². The summed E-state index contributed by atoms with van der Waals surface area (Å²) in [6, 6.07) is 8.83. The molecule has 2 aromatic carbocycles. The third kappa shape index (κ3) is 3.47. The Kier molecular flexibility index (Phi) is 4.69. The molecule has 132 valence electrons. The minimum atomic E-state index is -3.79. The van der Waals surface area contributed by atoms with Gasteiger partial charge in [-0.2, -0.15) is 4.31 Å². The molecule has 1 saturated heterocycles. The van der Waals surface area contributed by atoms with E-state index in [1.165, 1.54) is 34.6 Å². The van der Waals surface area contributed by atoms with Crippen LogP contribution in [-0.2, 0) is 10.0 Å². The topological polar surface area (TPSA) is 89.8 Å². The van der Waals surface area contributed by atoms with Crippen LogP contribution in [0, 0.1) is 15.9 Å². The lowest BCUT2D eigenvalue weighted by molar-refractivity contribution is -0.385. The van der Waals surface area contributed by atoms with Crippen LogP contribution in [0.2, 0.25) is 0 Å². The number of nitro benzene ring substituents is 1. The number of ether oxygens (including phenoxy) is 1. The Morgan fingerprint density at radius 3 is 2.40 bits per heavy atom. The van der Waals surface area contributed by atoms with Gasteiger partial charge in [0.2, 0.25) is 15.8 Å². The number of rotatable bonds is 5. The van der Waals surface area contributed by atoms with Crippen LogP contribution in [0.1, 0.15) is 12.8 Å². The number of para-hydroxylation sites is 1. The van der Waals surface area contributed by atoms with Crippen LogP contribution in [0.4, 0.5) is 10.1 Å². The Bertz CT molecular complexity index is 910. The zero-order valence-corrected chi connectivity index (χ0v) is 13.9. The molecular formula is C16H15FN2O5S. The van der Waals surface area contributed by atoms with Crippen LogP contribution in [0.25, 0.3) is 0 Å². The van der Waals surface area contributed by atoms with Gasteiger partial charge in [0, 0.05) is 19.2 Å². The third-order valence-corrected chi connectivity index (χ3v) is 5.78. The fourth-order valence-corrected chi connectivity index (χ4v) is 4.15. The predicted octanol–water partition coefficient (Wildman–Crippen LogP) is 3.31. The number of nitrogens with zero attached hydrogens (tertiary/aromatic N) is 2. The maximum absolute atomic E-state index is 13.7. The number of hydrogen-bond acceptors (Lipinski definition) is 5. The third-order valence-electron chi connectivity index (χ3n) is 3.89. The van der Waals surface area contributed by atoms with Gasteiger partial charge < -0.3 is 4.74 Å². The summed E-state index contributed by atoms with van der Waals surface area (Å²) in [5.41, 5.74) is -0.538. The highest BCUT2D eigenvalue weighted by Crippen LogP contribution is 2.35. The van der Waals surface area contributed by atoms with E-state index in [0.29, 0.717) is 13.1 Å². The summed E-state index contributed by atoms with van der Waals surface area (Å²) < 4.78 is 45.3. The van der Waals surface area contributed by atoms with Crippen molar-refractivity contribution < 1.29 is 22.5 Å². The van der Waals surface area contributed by atoms with Crippen LogP contribution in [0.3, 0.4) is 0 Å². The monoisotopic (exact) mass is 366 g/mol. The fraction of sp³-hybridized carbons (Fsp3) is 0.250. The van der Waals surface area contributed by atoms with E-state index in [1.54, 1.807) is 0 Å². The first-order chi connectivity index (χ1) is 11.9. The lowest BCUT2D eigenvalue weighted by Gasteiger charge is -2.16. The van der Waals surface area contributed by atoms with Crippen LogP contribution >= 0.6 is 0 Å². The summed E-state index contributed by atoms with van der Waals surface area (Å²) in [6.07, 6.45) is 1.52. The van der Waals surface area contributed by atoms with Gasteiger partial charge >= 0.3 is 5.69 Å². The molecule has 0 saturated carbocycles. The van der Waals surface area contributed by atoms with Crippen molar-refractivity contribution in [3.63, 3.8) is 0 Å². The molecule has 0 unspecified atom stereocenters. The number of hydrogen-bond donors (Lipinski definition) is 0. The van der Waals surface area contributed by atoms with Crippen LogP contribution in [0.5, 0.6) is 11.5 Å². The summed E-state index contributed by atoms with van der Waals surface area (Å²) in [4.78, 5) is 10.4. The zero-order valence-electron chi connectivity index (χ0n) is 13.1. The Balaban J connectivity index is 1.99. The van der Waals surface area contributed by atoms with Gasteiger partial charge in [0.05, 0.1) is 9.82 Å². The van der Waals surface area contributed by atoms with Crippen molar-refractivity contribution in [3.05, 3.63) is 58.4 Å². The van der Waals surface area contributed by atoms with Gasteiger partial charge in [0.15, 0.2) is 11.6 Å². The van der Waals surface area contributed by atoms with E-state index in [0.717, 1.165) is 25.0 Å². The Hall–Kier alpha value is -2.52. The Morgan fingerprint density at radius 2 is 1.76 bits per heavy atom. The molecule has 0 amide bonds. The quantitative estimate of drug-likeness (QED) is 0.598. The average molecular weight is 366 g/mol. The molecule has 1 heterocycles. The second-order valence-corrected chi connectivity index (χ2v) is 7.47. The van der Waals surface area contributed by atoms with Crippen LogP contribution < -0.4 is 4.74 Å². The molecule has 0 spiro atoms. The second-order valence-electron chi connectivity index (χ2n) is 5.53. The summed E-state index contributed by atoms with van der Waals surface area (Å²) in [7, 11) is -3.79. The van der Waals surface area contributed by atoms with Crippen molar-refractivity contribution in [2.45, 2.75) is 17.7 Å². The molecule has 0 bridgehead atoms. The van der Waals surface area contributed by atoms with E-state index in [9.17, 15) is 22.9 Å². The van der Waals surface area contributed by atoms with Crippen LogP contribution in [-0.4, -0.2) is 30.7 Å². The second kappa shape index (κ2) is 6.77. The molecule has 9 heteroatoms. The molecule has 25 heavy (non-hydrogen) atoms. The van der Waals surface area contributed by atoms with E-state index >= 15 is 0 Å². The molecule has 2 aromatic rings. The predicted molar refractivity (Wildman–Crippen MR) is 87.6 cm³/mol. The van der Waals surface area contributed by atoms with E-state index in [4.69, 9.17) is 4.74 Å². The number of nitro groups is 1. The molecular weight excluding hydrogens is 351 g/mol. The minimum absolute atomic E-state index is 0.179. The molecule has 1 aliphatic heterocycles.